The fourth-order valence-electron chi connectivity index (χ4n) is 2.75. The SMILES string of the molecule is CO.OCCNCC[C@@H](Cc1ccccc1SC(F)(F)F)c1ccccc1. The number of aliphatic hydroxyl groups excluding tert-OH is 2. The molecule has 0 saturated carbocycles. The van der Waals surface area contributed by atoms with Gasteiger partial charge in [0.15, 0.2) is 0 Å². The standard InChI is InChI=1S/C19H22F3NOS.CH4O/c20-19(21,22)25-18-9-5-4-8-17(18)14-16(10-11-23-12-13-24)15-6-2-1-3-7-15;1-2/h1-9,16,23-24H,10-14H2;2H,1H3/t16-;/m0./s1. The highest BCUT2D eigenvalue weighted by molar-refractivity contribution is 8.00. The van der Waals surface area contributed by atoms with E-state index < -0.39 is 5.51 Å². The Hall–Kier alpha value is -1.54. The second-order valence-electron chi connectivity index (χ2n) is 5.73. The lowest BCUT2D eigenvalue weighted by Crippen LogP contribution is -2.21. The van der Waals surface area contributed by atoms with Gasteiger partial charge in [-0.2, -0.15) is 13.2 Å². The van der Waals surface area contributed by atoms with Crippen molar-refractivity contribution >= 4 is 11.8 Å². The molecule has 0 aliphatic rings. The van der Waals surface area contributed by atoms with Crippen LogP contribution in [-0.2, 0) is 6.42 Å². The van der Waals surface area contributed by atoms with E-state index >= 15 is 0 Å². The first kappa shape index (κ1) is 23.5. The minimum absolute atomic E-state index is 0.0522. The van der Waals surface area contributed by atoms with Crippen LogP contribution in [0.1, 0.15) is 23.5 Å². The van der Waals surface area contributed by atoms with Gasteiger partial charge in [0, 0.05) is 18.6 Å². The molecule has 0 spiro atoms. The molecular formula is C20H26F3NO2S. The normalized spacial score (nSPS) is 12.2. The van der Waals surface area contributed by atoms with E-state index in [1.54, 1.807) is 18.2 Å². The van der Waals surface area contributed by atoms with Crippen LogP contribution in [0, 0.1) is 0 Å². The molecule has 27 heavy (non-hydrogen) atoms. The predicted octanol–water partition coefficient (Wildman–Crippen LogP) is 4.21. The molecule has 0 aromatic heterocycles. The molecule has 3 N–H and O–H groups in total. The van der Waals surface area contributed by atoms with E-state index in [1.807, 2.05) is 30.3 Å². The first-order valence-electron chi connectivity index (χ1n) is 8.64. The summed E-state index contributed by atoms with van der Waals surface area (Å²) in [5.41, 5.74) is -2.47. The van der Waals surface area contributed by atoms with Crippen molar-refractivity contribution in [2.75, 3.05) is 26.8 Å². The smallest absolute Gasteiger partial charge is 0.400 e. The third kappa shape index (κ3) is 9.28. The molecule has 0 saturated heterocycles. The Bertz CT molecular complexity index is 639. The van der Waals surface area contributed by atoms with E-state index in [4.69, 9.17) is 10.2 Å². The number of halogens is 3. The quantitative estimate of drug-likeness (QED) is 0.435. The third-order valence-electron chi connectivity index (χ3n) is 3.89. The zero-order valence-corrected chi connectivity index (χ0v) is 16.1. The van der Waals surface area contributed by atoms with Crippen LogP contribution in [0.5, 0.6) is 0 Å². The van der Waals surface area contributed by atoms with E-state index in [2.05, 4.69) is 5.32 Å². The maximum Gasteiger partial charge on any atom is 0.446 e. The Labute approximate surface area is 162 Å². The van der Waals surface area contributed by atoms with Gasteiger partial charge in [0.05, 0.1) is 6.61 Å². The van der Waals surface area contributed by atoms with Crippen molar-refractivity contribution in [2.45, 2.75) is 29.2 Å². The van der Waals surface area contributed by atoms with E-state index in [1.165, 1.54) is 6.07 Å². The fourth-order valence-corrected chi connectivity index (χ4v) is 3.43. The third-order valence-corrected chi connectivity index (χ3v) is 4.74. The van der Waals surface area contributed by atoms with Crippen molar-refractivity contribution in [1.29, 1.82) is 0 Å². The molecule has 2 rings (SSSR count). The van der Waals surface area contributed by atoms with E-state index in [0.29, 0.717) is 25.1 Å². The molecule has 2 aromatic carbocycles. The first-order valence-corrected chi connectivity index (χ1v) is 9.46. The fraction of sp³-hybridized carbons (Fsp3) is 0.400. The van der Waals surface area contributed by atoms with Gasteiger partial charge >= 0.3 is 5.51 Å². The zero-order valence-electron chi connectivity index (χ0n) is 15.2. The van der Waals surface area contributed by atoms with Crippen LogP contribution in [0.2, 0.25) is 0 Å². The summed E-state index contributed by atoms with van der Waals surface area (Å²) in [6, 6.07) is 16.6. The van der Waals surface area contributed by atoms with Crippen molar-refractivity contribution in [3.05, 3.63) is 65.7 Å². The van der Waals surface area contributed by atoms with E-state index in [0.717, 1.165) is 19.1 Å². The first-order chi connectivity index (χ1) is 13.0. The average Bonchev–Trinajstić information content (AvgIpc) is 2.67. The molecule has 150 valence electrons. The van der Waals surface area contributed by atoms with Gasteiger partial charge in [0.25, 0.3) is 0 Å². The molecule has 2 aromatic rings. The van der Waals surface area contributed by atoms with Crippen LogP contribution < -0.4 is 5.32 Å². The second-order valence-corrected chi connectivity index (χ2v) is 6.84. The summed E-state index contributed by atoms with van der Waals surface area (Å²) in [6.07, 6.45) is 1.33. The highest BCUT2D eigenvalue weighted by Crippen LogP contribution is 2.39. The maximum atomic E-state index is 12.8. The van der Waals surface area contributed by atoms with Gasteiger partial charge < -0.3 is 15.5 Å². The second kappa shape index (κ2) is 12.8. The number of alkyl halides is 3. The highest BCUT2D eigenvalue weighted by atomic mass is 32.2. The molecular weight excluding hydrogens is 375 g/mol. The Morgan fingerprint density at radius 3 is 2.22 bits per heavy atom. The number of thioether (sulfide) groups is 1. The van der Waals surface area contributed by atoms with Gasteiger partial charge in [-0.05, 0) is 54.3 Å². The Balaban J connectivity index is 0.00000176. The summed E-state index contributed by atoms with van der Waals surface area (Å²) in [4.78, 5) is 0.263. The summed E-state index contributed by atoms with van der Waals surface area (Å²) in [6.45, 7) is 1.29. The summed E-state index contributed by atoms with van der Waals surface area (Å²) in [7, 11) is 1.00. The minimum atomic E-state index is -4.29. The average molecular weight is 401 g/mol. The van der Waals surface area contributed by atoms with Gasteiger partial charge in [-0.1, -0.05) is 48.5 Å². The largest absolute Gasteiger partial charge is 0.446 e. The van der Waals surface area contributed by atoms with E-state index in [-0.39, 0.29) is 29.2 Å². The molecule has 0 radical (unpaired) electrons. The number of rotatable bonds is 9. The number of hydrogen-bond donors (Lipinski definition) is 3. The summed E-state index contributed by atoms with van der Waals surface area (Å²) in [5, 5.41) is 19.0. The van der Waals surface area contributed by atoms with Gasteiger partial charge in [-0.3, -0.25) is 0 Å². The van der Waals surface area contributed by atoms with Crippen LogP contribution in [0.15, 0.2) is 59.5 Å². The zero-order chi connectivity index (χ0) is 20.1. The topological polar surface area (TPSA) is 52.5 Å². The summed E-state index contributed by atoms with van der Waals surface area (Å²) in [5.74, 6) is 0.113. The summed E-state index contributed by atoms with van der Waals surface area (Å²) < 4.78 is 38.4. The monoisotopic (exact) mass is 401 g/mol. The highest BCUT2D eigenvalue weighted by Gasteiger charge is 2.30. The van der Waals surface area contributed by atoms with Gasteiger partial charge in [-0.25, -0.2) is 0 Å². The van der Waals surface area contributed by atoms with Gasteiger partial charge in [-0.15, -0.1) is 0 Å². The lowest BCUT2D eigenvalue weighted by atomic mass is 9.89. The number of benzene rings is 2. The van der Waals surface area contributed by atoms with Crippen molar-refractivity contribution in [3.63, 3.8) is 0 Å². The molecule has 0 fully saturated rings. The van der Waals surface area contributed by atoms with Gasteiger partial charge in [0.1, 0.15) is 0 Å². The van der Waals surface area contributed by atoms with Crippen LogP contribution >= 0.6 is 11.8 Å². The lowest BCUT2D eigenvalue weighted by molar-refractivity contribution is -0.0328. The molecule has 0 aliphatic heterocycles. The molecule has 0 unspecified atom stereocenters. The molecule has 0 bridgehead atoms. The Morgan fingerprint density at radius 1 is 0.963 bits per heavy atom. The van der Waals surface area contributed by atoms with Crippen molar-refractivity contribution in [1.82, 2.24) is 5.32 Å². The van der Waals surface area contributed by atoms with Gasteiger partial charge in [0.2, 0.25) is 0 Å². The lowest BCUT2D eigenvalue weighted by Gasteiger charge is -2.20. The molecule has 1 atom stereocenters. The van der Waals surface area contributed by atoms with Crippen LogP contribution in [0.3, 0.4) is 0 Å². The molecule has 7 heteroatoms. The molecule has 0 amide bonds. The van der Waals surface area contributed by atoms with Crippen LogP contribution in [-0.4, -0.2) is 42.5 Å². The van der Waals surface area contributed by atoms with Crippen LogP contribution in [0.4, 0.5) is 13.2 Å². The Morgan fingerprint density at radius 2 is 1.59 bits per heavy atom. The number of hydrogen-bond acceptors (Lipinski definition) is 4. The van der Waals surface area contributed by atoms with Crippen molar-refractivity contribution in [3.8, 4) is 0 Å². The van der Waals surface area contributed by atoms with Crippen molar-refractivity contribution < 1.29 is 23.4 Å². The molecule has 0 aliphatic carbocycles. The Kier molecular flexibility index (Phi) is 11.1. The van der Waals surface area contributed by atoms with Crippen molar-refractivity contribution in [2.24, 2.45) is 0 Å². The van der Waals surface area contributed by atoms with Crippen LogP contribution in [0.25, 0.3) is 0 Å². The van der Waals surface area contributed by atoms with E-state index in [9.17, 15) is 13.2 Å². The molecule has 3 nitrogen and oxygen atoms in total. The maximum absolute atomic E-state index is 12.8. The summed E-state index contributed by atoms with van der Waals surface area (Å²) >= 11 is -0.0522. The number of nitrogens with one attached hydrogen (secondary N) is 1. The molecule has 0 heterocycles. The minimum Gasteiger partial charge on any atom is -0.400 e. The number of aliphatic hydroxyl groups is 2. The predicted molar refractivity (Wildman–Crippen MR) is 104 cm³/mol.